The van der Waals surface area contributed by atoms with Crippen LogP contribution in [0.3, 0.4) is 0 Å². The molecule has 3 aliphatic heterocycles. The van der Waals surface area contributed by atoms with Crippen molar-refractivity contribution >= 4 is 17.8 Å². The summed E-state index contributed by atoms with van der Waals surface area (Å²) in [6.07, 6.45) is 1.23. The molecule has 3 aliphatic rings. The van der Waals surface area contributed by atoms with Gasteiger partial charge < -0.3 is 14.5 Å². The van der Waals surface area contributed by atoms with Crippen molar-refractivity contribution in [1.82, 2.24) is 14.7 Å². The van der Waals surface area contributed by atoms with Gasteiger partial charge in [-0.25, -0.2) is 4.79 Å². The molecule has 3 saturated heterocycles. The number of nitrogens with zero attached hydrogens (tertiary/aromatic N) is 3. The average Bonchev–Trinajstić information content (AvgIpc) is 3.70. The van der Waals surface area contributed by atoms with Gasteiger partial charge in [-0.3, -0.25) is 14.5 Å². The lowest BCUT2D eigenvalue weighted by Crippen LogP contribution is -2.49. The summed E-state index contributed by atoms with van der Waals surface area (Å²) in [5.41, 5.74) is 2.92. The van der Waals surface area contributed by atoms with E-state index in [0.717, 1.165) is 22.3 Å². The van der Waals surface area contributed by atoms with Gasteiger partial charge in [0.05, 0.1) is 11.0 Å². The average molecular weight is 642 g/mol. The molecule has 0 saturated carbocycles. The Morgan fingerprint density at radius 2 is 1.27 bits per heavy atom. The molecule has 0 bridgehead atoms. The first-order valence-electron chi connectivity index (χ1n) is 17.1. The molecule has 0 aliphatic carbocycles. The number of likely N-dealkylation sites (tertiary alicyclic amines) is 2. The minimum Gasteiger partial charge on any atom is -0.459 e. The Kier molecular flexibility index (Phi) is 8.65. The maximum atomic E-state index is 14.3. The normalized spacial score (nSPS) is 22.7. The highest BCUT2D eigenvalue weighted by molar-refractivity contribution is 5.92. The number of ether oxygens (including phenoxy) is 1. The fourth-order valence-electron chi connectivity index (χ4n) is 8.09. The van der Waals surface area contributed by atoms with Crippen LogP contribution in [0.5, 0.6) is 0 Å². The highest BCUT2D eigenvalue weighted by atomic mass is 16.5. The van der Waals surface area contributed by atoms with Crippen LogP contribution in [0.1, 0.15) is 48.9 Å². The van der Waals surface area contributed by atoms with Gasteiger partial charge in [-0.15, -0.1) is 0 Å². The SMILES string of the molecule is CC(C)[C@@H](C(=O)OCc1ccccc1)N1CCC2(CCN(C(=O)C3CN3C(c3ccccc3)(c3ccccc3)c3ccccc3)C2)C1=O. The van der Waals surface area contributed by atoms with E-state index in [0.29, 0.717) is 39.0 Å². The predicted molar refractivity (Wildman–Crippen MR) is 185 cm³/mol. The molecule has 3 heterocycles. The summed E-state index contributed by atoms with van der Waals surface area (Å²) in [6, 6.07) is 39.9. The van der Waals surface area contributed by atoms with E-state index in [4.69, 9.17) is 4.74 Å². The topological polar surface area (TPSA) is 69.9 Å². The monoisotopic (exact) mass is 641 g/mol. The molecule has 7 heteroatoms. The molecule has 4 atom stereocenters. The summed E-state index contributed by atoms with van der Waals surface area (Å²) in [7, 11) is 0. The van der Waals surface area contributed by atoms with Crippen molar-refractivity contribution in [3.8, 4) is 0 Å². The molecule has 3 unspecified atom stereocenters. The van der Waals surface area contributed by atoms with Gasteiger partial charge in [0.1, 0.15) is 18.7 Å². The summed E-state index contributed by atoms with van der Waals surface area (Å²) in [5, 5.41) is 0. The summed E-state index contributed by atoms with van der Waals surface area (Å²) < 4.78 is 5.71. The van der Waals surface area contributed by atoms with Gasteiger partial charge in [-0.2, -0.15) is 0 Å². The second-order valence-electron chi connectivity index (χ2n) is 13.8. The van der Waals surface area contributed by atoms with Gasteiger partial charge >= 0.3 is 5.97 Å². The molecule has 4 aromatic rings. The van der Waals surface area contributed by atoms with Crippen molar-refractivity contribution in [2.24, 2.45) is 11.3 Å². The highest BCUT2D eigenvalue weighted by Gasteiger charge is 2.60. The smallest absolute Gasteiger partial charge is 0.329 e. The van der Waals surface area contributed by atoms with Crippen LogP contribution in [0, 0.1) is 11.3 Å². The molecule has 3 fully saturated rings. The van der Waals surface area contributed by atoms with Crippen LogP contribution in [-0.2, 0) is 31.3 Å². The minimum absolute atomic E-state index is 0.0342. The largest absolute Gasteiger partial charge is 0.459 e. The van der Waals surface area contributed by atoms with E-state index in [1.165, 1.54) is 0 Å². The Morgan fingerprint density at radius 1 is 0.771 bits per heavy atom. The first-order valence-corrected chi connectivity index (χ1v) is 17.1. The van der Waals surface area contributed by atoms with Crippen molar-refractivity contribution < 1.29 is 19.1 Å². The lowest BCUT2D eigenvalue weighted by Gasteiger charge is -2.38. The zero-order chi connectivity index (χ0) is 33.3. The van der Waals surface area contributed by atoms with E-state index in [1.807, 2.05) is 67.3 Å². The summed E-state index contributed by atoms with van der Waals surface area (Å²) in [4.78, 5) is 47.8. The van der Waals surface area contributed by atoms with E-state index < -0.39 is 17.0 Å². The first kappa shape index (κ1) is 31.8. The lowest BCUT2D eigenvalue weighted by atomic mass is 9.76. The molecular weight excluding hydrogens is 598 g/mol. The number of esters is 1. The second kappa shape index (κ2) is 13.0. The van der Waals surface area contributed by atoms with Crippen LogP contribution in [0.15, 0.2) is 121 Å². The van der Waals surface area contributed by atoms with Gasteiger partial charge in [-0.1, -0.05) is 135 Å². The molecule has 7 nitrogen and oxygen atoms in total. The third-order valence-corrected chi connectivity index (χ3v) is 10.5. The van der Waals surface area contributed by atoms with Gasteiger partial charge in [0.15, 0.2) is 0 Å². The third kappa shape index (κ3) is 5.60. The molecule has 2 amide bonds. The van der Waals surface area contributed by atoms with Crippen LogP contribution >= 0.6 is 0 Å². The second-order valence-corrected chi connectivity index (χ2v) is 13.8. The number of hydrogen-bond donors (Lipinski definition) is 0. The first-order chi connectivity index (χ1) is 23.3. The van der Waals surface area contributed by atoms with Crippen LogP contribution in [0.2, 0.25) is 0 Å². The van der Waals surface area contributed by atoms with E-state index in [1.54, 1.807) is 4.90 Å². The molecule has 7 rings (SSSR count). The fraction of sp³-hybridized carbons (Fsp3) is 0.341. The van der Waals surface area contributed by atoms with E-state index in [-0.39, 0.29) is 36.4 Å². The van der Waals surface area contributed by atoms with Crippen molar-refractivity contribution in [3.05, 3.63) is 144 Å². The van der Waals surface area contributed by atoms with Crippen LogP contribution in [0.4, 0.5) is 0 Å². The van der Waals surface area contributed by atoms with E-state index in [2.05, 4.69) is 77.7 Å². The fourth-order valence-corrected chi connectivity index (χ4v) is 8.09. The molecule has 0 radical (unpaired) electrons. The van der Waals surface area contributed by atoms with Crippen molar-refractivity contribution in [2.75, 3.05) is 26.2 Å². The molecule has 0 aromatic heterocycles. The lowest BCUT2D eigenvalue weighted by molar-refractivity contribution is -0.158. The zero-order valence-corrected chi connectivity index (χ0v) is 27.7. The maximum Gasteiger partial charge on any atom is 0.329 e. The predicted octanol–water partition coefficient (Wildman–Crippen LogP) is 5.88. The van der Waals surface area contributed by atoms with Gasteiger partial charge in [0.2, 0.25) is 11.8 Å². The minimum atomic E-state index is -0.669. The summed E-state index contributed by atoms with van der Waals surface area (Å²) in [5.74, 6) is -0.451. The van der Waals surface area contributed by atoms with Gasteiger partial charge in [-0.05, 0) is 41.0 Å². The van der Waals surface area contributed by atoms with Crippen LogP contribution in [-0.4, -0.2) is 70.7 Å². The molecule has 0 N–H and O–H groups in total. The maximum absolute atomic E-state index is 14.3. The van der Waals surface area contributed by atoms with Gasteiger partial charge in [0, 0.05) is 26.2 Å². The zero-order valence-electron chi connectivity index (χ0n) is 27.7. The van der Waals surface area contributed by atoms with E-state index in [9.17, 15) is 14.4 Å². The Bertz CT molecular complexity index is 1650. The number of carbonyl (C=O) groups is 3. The Morgan fingerprint density at radius 3 is 1.79 bits per heavy atom. The number of benzene rings is 4. The molecule has 48 heavy (non-hydrogen) atoms. The summed E-state index contributed by atoms with van der Waals surface area (Å²) in [6.45, 7) is 6.09. The number of amides is 2. The number of hydrogen-bond acceptors (Lipinski definition) is 5. The summed E-state index contributed by atoms with van der Waals surface area (Å²) >= 11 is 0. The van der Waals surface area contributed by atoms with Crippen LogP contribution in [0.25, 0.3) is 0 Å². The van der Waals surface area contributed by atoms with E-state index >= 15 is 0 Å². The third-order valence-electron chi connectivity index (χ3n) is 10.5. The number of rotatable bonds is 10. The molecule has 246 valence electrons. The molecular formula is C41H43N3O4. The van der Waals surface area contributed by atoms with Crippen molar-refractivity contribution in [1.29, 1.82) is 0 Å². The quantitative estimate of drug-likeness (QED) is 0.123. The van der Waals surface area contributed by atoms with Crippen LogP contribution < -0.4 is 0 Å². The van der Waals surface area contributed by atoms with Crippen molar-refractivity contribution in [3.63, 3.8) is 0 Å². The standard InChI is InChI=1S/C41H43N3O4/c1-30(2)36(38(46)48-28-31-15-7-3-8-16-31)43-26-24-40(39(43)47)23-25-42(29-40)37(45)35-27-44(35)41(32-17-9-4-10-18-32,33-19-11-5-12-20-33)34-21-13-6-14-22-34/h3-22,30,35-36H,23-29H2,1-2H3/t35?,36-,40?,44?/m0/s1. The Balaban J connectivity index is 1.10. The Hall–Kier alpha value is -4.75. The number of carbonyl (C=O) groups excluding carboxylic acids is 3. The molecule has 4 aromatic carbocycles. The Labute approximate surface area is 283 Å². The molecule has 1 spiro atoms. The van der Waals surface area contributed by atoms with Crippen molar-refractivity contribution in [2.45, 2.75) is 50.9 Å². The highest BCUT2D eigenvalue weighted by Crippen LogP contribution is 2.49. The van der Waals surface area contributed by atoms with Gasteiger partial charge in [0.25, 0.3) is 0 Å².